The van der Waals surface area contributed by atoms with Crippen molar-refractivity contribution < 1.29 is 9.53 Å². The second kappa shape index (κ2) is 3.66. The average molecular weight is 275 g/mol. The van der Waals surface area contributed by atoms with Gasteiger partial charge in [-0.1, -0.05) is 6.42 Å². The Morgan fingerprint density at radius 1 is 1.57 bits per heavy atom. The minimum Gasteiger partial charge on any atom is -0.468 e. The number of rotatable bonds is 2. The fraction of sp³-hybridized carbons (Fsp3) is 0.500. The molecule has 1 aromatic rings. The zero-order chi connectivity index (χ0) is 10.2. The van der Waals surface area contributed by atoms with Gasteiger partial charge in [-0.05, 0) is 40.9 Å². The number of hydrogen-bond donors (Lipinski definition) is 0. The van der Waals surface area contributed by atoms with Crippen LogP contribution in [0.25, 0.3) is 0 Å². The molecule has 0 N–H and O–H groups in total. The molecule has 0 bridgehead atoms. The lowest BCUT2D eigenvalue weighted by Crippen LogP contribution is -2.42. The van der Waals surface area contributed by atoms with Crippen molar-refractivity contribution in [2.75, 3.05) is 7.11 Å². The molecule has 1 heterocycles. The van der Waals surface area contributed by atoms with Crippen LogP contribution in [0.3, 0.4) is 0 Å². The largest absolute Gasteiger partial charge is 0.468 e. The third-order valence-electron chi connectivity index (χ3n) is 2.83. The van der Waals surface area contributed by atoms with Gasteiger partial charge in [-0.25, -0.2) is 0 Å². The molecule has 0 atom stereocenters. The number of methoxy groups -OCH3 is 1. The Bertz CT molecular complexity index is 355. The van der Waals surface area contributed by atoms with Crippen LogP contribution < -0.4 is 0 Å². The normalized spacial score (nSPS) is 18.7. The van der Waals surface area contributed by atoms with Gasteiger partial charge < -0.3 is 4.74 Å². The van der Waals surface area contributed by atoms with E-state index in [-0.39, 0.29) is 11.4 Å². The molecule has 0 amide bonds. The van der Waals surface area contributed by atoms with Crippen LogP contribution in [0.4, 0.5) is 0 Å². The molecule has 0 radical (unpaired) electrons. The molecule has 0 spiro atoms. The molecule has 2 nitrogen and oxygen atoms in total. The highest BCUT2D eigenvalue weighted by Gasteiger charge is 2.47. The standard InChI is InChI=1S/C10H11BrO2S/c1-13-9(12)10(5-2-6-10)7-3-4-8(11)14-7/h3-4H,2,5-6H2,1H3. The van der Waals surface area contributed by atoms with Gasteiger partial charge in [-0.15, -0.1) is 11.3 Å². The molecule has 4 heteroatoms. The summed E-state index contributed by atoms with van der Waals surface area (Å²) in [5.74, 6) is -0.0851. The van der Waals surface area contributed by atoms with Gasteiger partial charge in [0.05, 0.1) is 10.9 Å². The fourth-order valence-corrected chi connectivity index (χ4v) is 3.47. The maximum atomic E-state index is 11.7. The van der Waals surface area contributed by atoms with Gasteiger partial charge in [-0.3, -0.25) is 4.79 Å². The lowest BCUT2D eigenvalue weighted by molar-refractivity contribution is -0.151. The highest BCUT2D eigenvalue weighted by molar-refractivity contribution is 9.11. The summed E-state index contributed by atoms with van der Waals surface area (Å²) >= 11 is 5.05. The number of carbonyl (C=O) groups excluding carboxylic acids is 1. The Morgan fingerprint density at radius 2 is 2.29 bits per heavy atom. The van der Waals surface area contributed by atoms with Gasteiger partial charge in [0, 0.05) is 4.88 Å². The molecule has 1 aliphatic carbocycles. The summed E-state index contributed by atoms with van der Waals surface area (Å²) in [5.41, 5.74) is -0.328. The van der Waals surface area contributed by atoms with Crippen molar-refractivity contribution in [2.45, 2.75) is 24.7 Å². The van der Waals surface area contributed by atoms with Crippen LogP contribution in [-0.4, -0.2) is 13.1 Å². The number of thiophene rings is 1. The zero-order valence-electron chi connectivity index (χ0n) is 7.88. The second-order valence-corrected chi connectivity index (χ2v) is 5.99. The SMILES string of the molecule is COC(=O)C1(c2ccc(Br)s2)CCC1. The minimum absolute atomic E-state index is 0.0851. The summed E-state index contributed by atoms with van der Waals surface area (Å²) in [7, 11) is 1.46. The molecule has 1 fully saturated rings. The van der Waals surface area contributed by atoms with E-state index >= 15 is 0 Å². The predicted octanol–water partition coefficient (Wildman–Crippen LogP) is 3.11. The van der Waals surface area contributed by atoms with Crippen LogP contribution in [0.1, 0.15) is 24.1 Å². The molecule has 0 saturated heterocycles. The molecule has 0 aliphatic heterocycles. The third-order valence-corrected chi connectivity index (χ3v) is 4.66. The van der Waals surface area contributed by atoms with E-state index in [9.17, 15) is 4.79 Å². The first-order valence-electron chi connectivity index (χ1n) is 4.53. The first-order chi connectivity index (χ1) is 6.69. The van der Waals surface area contributed by atoms with E-state index in [1.165, 1.54) is 7.11 Å². The van der Waals surface area contributed by atoms with E-state index in [2.05, 4.69) is 15.9 Å². The molecular formula is C10H11BrO2S. The van der Waals surface area contributed by atoms with E-state index in [0.29, 0.717) is 0 Å². The first-order valence-corrected chi connectivity index (χ1v) is 6.14. The van der Waals surface area contributed by atoms with Gasteiger partial charge in [0.25, 0.3) is 0 Å². The summed E-state index contributed by atoms with van der Waals surface area (Å²) in [6.45, 7) is 0. The number of esters is 1. The number of carbonyl (C=O) groups is 1. The molecular weight excluding hydrogens is 264 g/mol. The Hall–Kier alpha value is -0.350. The molecule has 1 aromatic heterocycles. The second-order valence-electron chi connectivity index (χ2n) is 3.53. The predicted molar refractivity (Wildman–Crippen MR) is 59.6 cm³/mol. The molecule has 0 unspecified atom stereocenters. The van der Waals surface area contributed by atoms with E-state index in [4.69, 9.17) is 4.74 Å². The maximum Gasteiger partial charge on any atom is 0.317 e. The van der Waals surface area contributed by atoms with Crippen LogP contribution >= 0.6 is 27.3 Å². The summed E-state index contributed by atoms with van der Waals surface area (Å²) in [5, 5.41) is 0. The molecule has 76 valence electrons. The van der Waals surface area contributed by atoms with E-state index < -0.39 is 0 Å². The Kier molecular flexibility index (Phi) is 2.66. The maximum absolute atomic E-state index is 11.7. The zero-order valence-corrected chi connectivity index (χ0v) is 10.3. The third kappa shape index (κ3) is 1.41. The van der Waals surface area contributed by atoms with Crippen molar-refractivity contribution in [3.63, 3.8) is 0 Å². The fourth-order valence-electron chi connectivity index (χ4n) is 1.85. The van der Waals surface area contributed by atoms with Crippen molar-refractivity contribution in [1.29, 1.82) is 0 Å². The smallest absolute Gasteiger partial charge is 0.317 e. The first kappa shape index (κ1) is 10.2. The summed E-state index contributed by atoms with van der Waals surface area (Å²) in [4.78, 5) is 12.8. The van der Waals surface area contributed by atoms with Crippen molar-refractivity contribution in [2.24, 2.45) is 0 Å². The molecule has 1 aliphatic rings. The summed E-state index contributed by atoms with van der Waals surface area (Å²) in [6, 6.07) is 4.01. The lowest BCUT2D eigenvalue weighted by atomic mass is 9.68. The van der Waals surface area contributed by atoms with E-state index in [1.54, 1.807) is 11.3 Å². The minimum atomic E-state index is -0.328. The molecule has 0 aromatic carbocycles. The Labute approximate surface area is 95.4 Å². The monoisotopic (exact) mass is 274 g/mol. The number of hydrogen-bond acceptors (Lipinski definition) is 3. The topological polar surface area (TPSA) is 26.3 Å². The van der Waals surface area contributed by atoms with Crippen molar-refractivity contribution >= 4 is 33.2 Å². The van der Waals surface area contributed by atoms with Gasteiger partial charge in [-0.2, -0.15) is 0 Å². The van der Waals surface area contributed by atoms with E-state index in [1.807, 2.05) is 12.1 Å². The molecule has 14 heavy (non-hydrogen) atoms. The van der Waals surface area contributed by atoms with Gasteiger partial charge in [0.15, 0.2) is 0 Å². The lowest BCUT2D eigenvalue weighted by Gasteiger charge is -2.37. The van der Waals surface area contributed by atoms with Gasteiger partial charge >= 0.3 is 5.97 Å². The molecule has 1 saturated carbocycles. The van der Waals surface area contributed by atoms with Crippen molar-refractivity contribution in [1.82, 2.24) is 0 Å². The molecule has 2 rings (SSSR count). The Morgan fingerprint density at radius 3 is 2.64 bits per heavy atom. The van der Waals surface area contributed by atoms with Gasteiger partial charge in [0.2, 0.25) is 0 Å². The van der Waals surface area contributed by atoms with Crippen molar-refractivity contribution in [3.05, 3.63) is 20.8 Å². The highest BCUT2D eigenvalue weighted by atomic mass is 79.9. The van der Waals surface area contributed by atoms with Gasteiger partial charge in [0.1, 0.15) is 5.41 Å². The van der Waals surface area contributed by atoms with Crippen LogP contribution in [-0.2, 0) is 14.9 Å². The summed E-state index contributed by atoms with van der Waals surface area (Å²) < 4.78 is 5.95. The average Bonchev–Trinajstić information content (AvgIpc) is 2.50. The summed E-state index contributed by atoms with van der Waals surface area (Å²) in [6.07, 6.45) is 2.96. The van der Waals surface area contributed by atoms with Crippen LogP contribution in [0.2, 0.25) is 0 Å². The Balaban J connectivity index is 2.33. The highest BCUT2D eigenvalue weighted by Crippen LogP contribution is 2.47. The van der Waals surface area contributed by atoms with Crippen molar-refractivity contribution in [3.8, 4) is 0 Å². The number of ether oxygens (including phenoxy) is 1. The number of halogens is 1. The quantitative estimate of drug-likeness (QED) is 0.775. The van der Waals surface area contributed by atoms with Crippen LogP contribution in [0.5, 0.6) is 0 Å². The van der Waals surface area contributed by atoms with Crippen LogP contribution in [0.15, 0.2) is 15.9 Å². The van der Waals surface area contributed by atoms with Crippen LogP contribution in [0, 0.1) is 0 Å². The van der Waals surface area contributed by atoms with E-state index in [0.717, 1.165) is 27.9 Å².